The van der Waals surface area contributed by atoms with Gasteiger partial charge in [0, 0.05) is 16.9 Å². The third kappa shape index (κ3) is 4.95. The van der Waals surface area contributed by atoms with E-state index < -0.39 is 23.8 Å². The lowest BCUT2D eigenvalue weighted by Crippen LogP contribution is -2.06. The van der Waals surface area contributed by atoms with Gasteiger partial charge in [-0.1, -0.05) is 54.6 Å². The summed E-state index contributed by atoms with van der Waals surface area (Å²) in [5, 5.41) is 34.1. The maximum absolute atomic E-state index is 14.9. The number of rotatable bonds is 8. The van der Waals surface area contributed by atoms with E-state index in [4.69, 9.17) is 5.11 Å². The molecule has 1 aliphatic carbocycles. The van der Waals surface area contributed by atoms with Crippen LogP contribution in [0.15, 0.2) is 72.1 Å². The van der Waals surface area contributed by atoms with Crippen molar-refractivity contribution < 1.29 is 24.5 Å². The lowest BCUT2D eigenvalue weighted by atomic mass is 9.99. The molecule has 0 radical (unpaired) electrons. The number of halogens is 1. The molecule has 4 N–H and O–H groups in total. The van der Waals surface area contributed by atoms with E-state index in [1.165, 1.54) is 17.4 Å². The highest BCUT2D eigenvalue weighted by molar-refractivity contribution is 7.14. The third-order valence-corrected chi connectivity index (χ3v) is 7.05. The Hall–Kier alpha value is -3.59. The van der Waals surface area contributed by atoms with E-state index in [-0.39, 0.29) is 12.5 Å². The maximum atomic E-state index is 14.9. The van der Waals surface area contributed by atoms with Crippen LogP contribution in [-0.2, 0) is 11.4 Å². The summed E-state index contributed by atoms with van der Waals surface area (Å²) in [5.41, 5.74) is 4.95. The zero-order valence-corrected chi connectivity index (χ0v) is 19.4. The van der Waals surface area contributed by atoms with Crippen LogP contribution in [-0.4, -0.2) is 26.3 Å². The fourth-order valence-corrected chi connectivity index (χ4v) is 4.86. The number of nitrogens with zero attached hydrogens (tertiary/aromatic N) is 1. The van der Waals surface area contributed by atoms with Crippen molar-refractivity contribution in [1.29, 1.82) is 0 Å². The highest BCUT2D eigenvalue weighted by atomic mass is 32.1. The van der Waals surface area contributed by atoms with Gasteiger partial charge in [-0.25, -0.2) is 9.37 Å². The van der Waals surface area contributed by atoms with Crippen LogP contribution in [0.4, 0.5) is 15.2 Å². The molecule has 0 amide bonds. The molecule has 1 saturated carbocycles. The number of aliphatic hydroxyl groups excluding tert-OH is 2. The number of aliphatic hydroxyl groups is 2. The van der Waals surface area contributed by atoms with E-state index in [1.54, 1.807) is 36.4 Å². The van der Waals surface area contributed by atoms with E-state index in [9.17, 15) is 19.4 Å². The Morgan fingerprint density at radius 1 is 1.06 bits per heavy atom. The van der Waals surface area contributed by atoms with Gasteiger partial charge in [0.2, 0.25) is 0 Å². The minimum absolute atomic E-state index is 0.0147. The van der Waals surface area contributed by atoms with Gasteiger partial charge in [-0.15, -0.1) is 11.3 Å². The summed E-state index contributed by atoms with van der Waals surface area (Å²) in [6.45, 7) is -0.0147. The smallest absolute Gasteiger partial charge is 0.306 e. The van der Waals surface area contributed by atoms with Gasteiger partial charge in [0.15, 0.2) is 5.13 Å². The fourth-order valence-electron chi connectivity index (χ4n) is 4.12. The molecule has 35 heavy (non-hydrogen) atoms. The van der Waals surface area contributed by atoms with Crippen molar-refractivity contribution in [2.75, 3.05) is 5.32 Å². The van der Waals surface area contributed by atoms with Crippen molar-refractivity contribution in [3.63, 3.8) is 0 Å². The minimum Gasteiger partial charge on any atom is -0.481 e. The van der Waals surface area contributed by atoms with Crippen molar-refractivity contribution >= 4 is 28.1 Å². The molecule has 0 saturated heterocycles. The van der Waals surface area contributed by atoms with E-state index in [2.05, 4.69) is 10.3 Å². The molecule has 0 bridgehead atoms. The number of carboxylic acid groups (broad SMARTS) is 1. The molecule has 8 heteroatoms. The highest BCUT2D eigenvalue weighted by Gasteiger charge is 2.47. The Kier molecular flexibility index (Phi) is 6.34. The second kappa shape index (κ2) is 9.58. The molecule has 1 aromatic heterocycles. The van der Waals surface area contributed by atoms with Crippen molar-refractivity contribution in [2.45, 2.75) is 19.1 Å². The van der Waals surface area contributed by atoms with Gasteiger partial charge in [0.25, 0.3) is 0 Å². The van der Waals surface area contributed by atoms with Crippen molar-refractivity contribution in [2.24, 2.45) is 11.8 Å². The van der Waals surface area contributed by atoms with Gasteiger partial charge < -0.3 is 20.6 Å². The zero-order valence-electron chi connectivity index (χ0n) is 18.6. The SMILES string of the molecule is O=C(O)[C@H]1C[C@@H]1C(O)c1ccc(-c2ccc(Nc3nc(-c4ccc(CO)cc4)cs3)c(F)c2)cc1. The van der Waals surface area contributed by atoms with Crippen LogP contribution in [0.5, 0.6) is 0 Å². The van der Waals surface area contributed by atoms with Gasteiger partial charge in [0.1, 0.15) is 5.82 Å². The van der Waals surface area contributed by atoms with Crippen LogP contribution < -0.4 is 5.32 Å². The lowest BCUT2D eigenvalue weighted by molar-refractivity contribution is -0.139. The summed E-state index contributed by atoms with van der Waals surface area (Å²) in [6.07, 6.45) is -0.335. The Balaban J connectivity index is 1.27. The maximum Gasteiger partial charge on any atom is 0.306 e. The average Bonchev–Trinajstić information content (AvgIpc) is 3.56. The fraction of sp³-hybridized carbons (Fsp3) is 0.185. The highest BCUT2D eigenvalue weighted by Crippen LogP contribution is 2.47. The number of hydrogen-bond acceptors (Lipinski definition) is 6. The molecular weight excluding hydrogens is 467 g/mol. The molecule has 5 rings (SSSR count). The Bertz CT molecular complexity index is 1350. The molecule has 1 unspecified atom stereocenters. The summed E-state index contributed by atoms with van der Waals surface area (Å²) >= 11 is 1.37. The van der Waals surface area contributed by atoms with Crippen LogP contribution in [0, 0.1) is 17.7 Å². The second-order valence-electron chi connectivity index (χ2n) is 8.62. The second-order valence-corrected chi connectivity index (χ2v) is 9.48. The van der Waals surface area contributed by atoms with E-state index in [0.29, 0.717) is 28.4 Å². The number of carboxylic acids is 1. The van der Waals surface area contributed by atoms with E-state index in [0.717, 1.165) is 22.4 Å². The first-order valence-electron chi connectivity index (χ1n) is 11.2. The van der Waals surface area contributed by atoms with Crippen molar-refractivity contribution in [3.05, 3.63) is 89.1 Å². The number of carbonyl (C=O) groups is 1. The average molecular weight is 491 g/mol. The first-order valence-corrected chi connectivity index (χ1v) is 12.0. The summed E-state index contributed by atoms with van der Waals surface area (Å²) in [5.74, 6) is -2.04. The Labute approximate surface area is 205 Å². The van der Waals surface area contributed by atoms with Gasteiger partial charge >= 0.3 is 5.97 Å². The molecule has 4 aromatic rings. The summed E-state index contributed by atoms with van der Waals surface area (Å²) < 4.78 is 14.9. The molecule has 3 aromatic carbocycles. The Morgan fingerprint density at radius 3 is 2.37 bits per heavy atom. The zero-order chi connectivity index (χ0) is 24.5. The van der Waals surface area contributed by atoms with Gasteiger partial charge in [-0.3, -0.25) is 4.79 Å². The number of benzene rings is 3. The Morgan fingerprint density at radius 2 is 1.74 bits per heavy atom. The normalized spacial score (nSPS) is 17.7. The number of aromatic nitrogens is 1. The monoisotopic (exact) mass is 490 g/mol. The predicted octanol–water partition coefficient (Wildman–Crippen LogP) is 5.61. The van der Waals surface area contributed by atoms with Crippen LogP contribution in [0.3, 0.4) is 0 Å². The summed E-state index contributed by atoms with van der Waals surface area (Å²) in [6, 6.07) is 19.5. The van der Waals surface area contributed by atoms with Crippen molar-refractivity contribution in [3.8, 4) is 22.4 Å². The van der Waals surface area contributed by atoms with Crippen LogP contribution in [0.1, 0.15) is 23.7 Å². The number of thiazole rings is 1. The standard InChI is InChI=1S/C27H23FN2O4S/c28-22-11-19(16-5-7-18(8-6-16)25(32)20-12-21(20)26(33)34)9-10-23(22)29-27-30-24(14-35-27)17-3-1-15(13-31)2-4-17/h1-11,14,20-21,25,31-32H,12-13H2,(H,29,30)(H,33,34)/t20-,21-,25?/m0/s1. The van der Waals surface area contributed by atoms with Crippen LogP contribution >= 0.6 is 11.3 Å². The van der Waals surface area contributed by atoms with E-state index in [1.807, 2.05) is 29.6 Å². The molecule has 3 atom stereocenters. The topological polar surface area (TPSA) is 103 Å². The first-order chi connectivity index (χ1) is 16.9. The molecule has 1 heterocycles. The molecule has 6 nitrogen and oxygen atoms in total. The molecule has 1 aliphatic rings. The van der Waals surface area contributed by atoms with Crippen LogP contribution in [0.25, 0.3) is 22.4 Å². The number of nitrogens with one attached hydrogen (secondary N) is 1. The summed E-state index contributed by atoms with van der Waals surface area (Å²) in [7, 11) is 0. The third-order valence-electron chi connectivity index (χ3n) is 6.30. The molecule has 1 fully saturated rings. The largest absolute Gasteiger partial charge is 0.481 e. The van der Waals surface area contributed by atoms with Gasteiger partial charge in [-0.2, -0.15) is 0 Å². The van der Waals surface area contributed by atoms with E-state index >= 15 is 0 Å². The number of aliphatic carboxylic acids is 1. The summed E-state index contributed by atoms with van der Waals surface area (Å²) in [4.78, 5) is 15.6. The quantitative estimate of drug-likeness (QED) is 0.256. The molecule has 178 valence electrons. The molecular formula is C27H23FN2O4S. The predicted molar refractivity (Wildman–Crippen MR) is 133 cm³/mol. The number of anilines is 2. The molecule has 0 spiro atoms. The van der Waals surface area contributed by atoms with Crippen molar-refractivity contribution in [1.82, 2.24) is 4.98 Å². The minimum atomic E-state index is -0.875. The number of hydrogen-bond donors (Lipinski definition) is 4. The molecule has 0 aliphatic heterocycles. The lowest BCUT2D eigenvalue weighted by Gasteiger charge is -2.12. The van der Waals surface area contributed by atoms with Crippen LogP contribution in [0.2, 0.25) is 0 Å². The van der Waals surface area contributed by atoms with Gasteiger partial charge in [-0.05, 0) is 40.8 Å². The van der Waals surface area contributed by atoms with Gasteiger partial charge in [0.05, 0.1) is 30.0 Å². The first kappa shape index (κ1) is 23.2.